The molecule has 0 amide bonds. The molecule has 0 bridgehead atoms. The zero-order valence-corrected chi connectivity index (χ0v) is 12.8. The SMILES string of the molecule is C#CCO[C@@H]1[C@H]2OC(C)(C)O[C@H]2O[C@@H]1[C@@H]1COC(C)(C)O1. The van der Waals surface area contributed by atoms with Gasteiger partial charge in [0, 0.05) is 0 Å². The molecule has 0 unspecified atom stereocenters. The minimum Gasteiger partial charge on any atom is -0.360 e. The van der Waals surface area contributed by atoms with Crippen LogP contribution in [0.1, 0.15) is 27.7 Å². The van der Waals surface area contributed by atoms with E-state index in [9.17, 15) is 0 Å². The van der Waals surface area contributed by atoms with Crippen LogP contribution in [0.15, 0.2) is 0 Å². The first-order valence-corrected chi connectivity index (χ1v) is 7.19. The summed E-state index contributed by atoms with van der Waals surface area (Å²) in [6, 6.07) is 0. The topological polar surface area (TPSA) is 55.4 Å². The molecule has 0 spiro atoms. The van der Waals surface area contributed by atoms with Gasteiger partial charge in [-0.3, -0.25) is 0 Å². The van der Waals surface area contributed by atoms with Gasteiger partial charge in [0.2, 0.25) is 0 Å². The second kappa shape index (κ2) is 5.20. The van der Waals surface area contributed by atoms with Crippen LogP contribution < -0.4 is 0 Å². The molecule has 6 heteroatoms. The first kappa shape index (κ1) is 15.2. The second-order valence-corrected chi connectivity index (χ2v) is 6.42. The Bertz CT molecular complexity index is 440. The van der Waals surface area contributed by atoms with Crippen LogP contribution in [-0.4, -0.2) is 55.5 Å². The van der Waals surface area contributed by atoms with Crippen molar-refractivity contribution in [3.63, 3.8) is 0 Å². The lowest BCUT2D eigenvalue weighted by Gasteiger charge is -2.28. The third-order valence-corrected chi connectivity index (χ3v) is 3.78. The van der Waals surface area contributed by atoms with Crippen molar-refractivity contribution in [1.82, 2.24) is 0 Å². The van der Waals surface area contributed by atoms with Crippen molar-refractivity contribution < 1.29 is 28.4 Å². The number of hydrogen-bond acceptors (Lipinski definition) is 6. The van der Waals surface area contributed by atoms with Crippen LogP contribution in [0.25, 0.3) is 0 Å². The van der Waals surface area contributed by atoms with Crippen molar-refractivity contribution in [1.29, 1.82) is 0 Å². The largest absolute Gasteiger partial charge is 0.360 e. The highest BCUT2D eigenvalue weighted by molar-refractivity contribution is 4.99. The number of fused-ring (bicyclic) bond motifs is 1. The second-order valence-electron chi connectivity index (χ2n) is 6.42. The van der Waals surface area contributed by atoms with E-state index in [0.717, 1.165) is 0 Å². The number of terminal acetylenes is 1. The van der Waals surface area contributed by atoms with Gasteiger partial charge in [0.1, 0.15) is 31.0 Å². The van der Waals surface area contributed by atoms with Crippen molar-refractivity contribution >= 4 is 0 Å². The van der Waals surface area contributed by atoms with Gasteiger partial charge in [-0.15, -0.1) is 6.42 Å². The van der Waals surface area contributed by atoms with Gasteiger partial charge < -0.3 is 28.4 Å². The summed E-state index contributed by atoms with van der Waals surface area (Å²) < 4.78 is 34.8. The molecule has 0 saturated carbocycles. The number of ether oxygens (including phenoxy) is 6. The summed E-state index contributed by atoms with van der Waals surface area (Å²) in [6.45, 7) is 8.07. The zero-order valence-electron chi connectivity index (χ0n) is 12.8. The smallest absolute Gasteiger partial charge is 0.190 e. The monoisotopic (exact) mass is 298 g/mol. The molecule has 0 aliphatic carbocycles. The Morgan fingerprint density at radius 2 is 1.86 bits per heavy atom. The molecule has 3 rings (SSSR count). The van der Waals surface area contributed by atoms with Crippen LogP contribution in [0.3, 0.4) is 0 Å². The molecule has 118 valence electrons. The summed E-state index contributed by atoms with van der Waals surface area (Å²) in [6.07, 6.45) is 3.61. The van der Waals surface area contributed by atoms with Crippen molar-refractivity contribution in [3.8, 4) is 12.3 Å². The maximum Gasteiger partial charge on any atom is 0.190 e. The normalized spacial score (nSPS) is 43.7. The Morgan fingerprint density at radius 1 is 1.10 bits per heavy atom. The molecule has 3 aliphatic heterocycles. The van der Waals surface area contributed by atoms with Crippen molar-refractivity contribution in [3.05, 3.63) is 0 Å². The molecule has 5 atom stereocenters. The van der Waals surface area contributed by atoms with E-state index in [0.29, 0.717) is 6.61 Å². The van der Waals surface area contributed by atoms with Crippen LogP contribution >= 0.6 is 0 Å². The highest BCUT2D eigenvalue weighted by atomic mass is 16.8. The van der Waals surface area contributed by atoms with Crippen LogP contribution in [0.4, 0.5) is 0 Å². The lowest BCUT2D eigenvalue weighted by atomic mass is 10.1. The maximum absolute atomic E-state index is 5.96. The Hall–Kier alpha value is -0.680. The minimum atomic E-state index is -0.690. The first-order valence-electron chi connectivity index (χ1n) is 7.19. The van der Waals surface area contributed by atoms with E-state index in [2.05, 4.69) is 5.92 Å². The van der Waals surface area contributed by atoms with Gasteiger partial charge in [-0.2, -0.15) is 0 Å². The van der Waals surface area contributed by atoms with Crippen LogP contribution in [0.5, 0.6) is 0 Å². The third kappa shape index (κ3) is 2.95. The van der Waals surface area contributed by atoms with Gasteiger partial charge in [-0.25, -0.2) is 0 Å². The van der Waals surface area contributed by atoms with E-state index in [1.54, 1.807) is 0 Å². The standard InChI is InChI=1S/C15H22O6/c1-6-7-16-11-10(9-8-17-14(2,3)19-9)18-13-12(11)20-15(4,5)21-13/h1,9-13H,7-8H2,2-5H3/t9-,10+,11-,12+,13+/m0/s1. The van der Waals surface area contributed by atoms with Crippen molar-refractivity contribution in [2.75, 3.05) is 13.2 Å². The molecule has 3 fully saturated rings. The fourth-order valence-electron chi connectivity index (χ4n) is 3.01. The highest BCUT2D eigenvalue weighted by Crippen LogP contribution is 2.41. The zero-order chi connectivity index (χ0) is 15.3. The Kier molecular flexibility index (Phi) is 3.77. The molecule has 0 radical (unpaired) electrons. The fourth-order valence-corrected chi connectivity index (χ4v) is 3.01. The molecular weight excluding hydrogens is 276 g/mol. The summed E-state index contributed by atoms with van der Waals surface area (Å²) >= 11 is 0. The van der Waals surface area contributed by atoms with Gasteiger partial charge in [0.25, 0.3) is 0 Å². The van der Waals surface area contributed by atoms with Crippen LogP contribution in [-0.2, 0) is 28.4 Å². The molecule has 3 heterocycles. The Balaban J connectivity index is 1.74. The lowest BCUT2D eigenvalue weighted by Crippen LogP contribution is -2.44. The quantitative estimate of drug-likeness (QED) is 0.726. The molecule has 0 aromatic carbocycles. The summed E-state index contributed by atoms with van der Waals surface area (Å²) in [4.78, 5) is 0. The van der Waals surface area contributed by atoms with Gasteiger partial charge >= 0.3 is 0 Å². The molecule has 3 saturated heterocycles. The van der Waals surface area contributed by atoms with E-state index >= 15 is 0 Å². The molecule has 0 N–H and O–H groups in total. The molecule has 3 aliphatic rings. The van der Waals surface area contributed by atoms with E-state index in [-0.39, 0.29) is 31.0 Å². The third-order valence-electron chi connectivity index (χ3n) is 3.78. The fraction of sp³-hybridized carbons (Fsp3) is 0.867. The van der Waals surface area contributed by atoms with Gasteiger partial charge in [-0.05, 0) is 27.7 Å². The highest BCUT2D eigenvalue weighted by Gasteiger charge is 2.58. The van der Waals surface area contributed by atoms with Crippen molar-refractivity contribution in [2.45, 2.75) is 70.0 Å². The minimum absolute atomic E-state index is 0.189. The van der Waals surface area contributed by atoms with Gasteiger partial charge in [0.15, 0.2) is 17.9 Å². The predicted octanol–water partition coefficient (Wildman–Crippen LogP) is 1.03. The number of hydrogen-bond donors (Lipinski definition) is 0. The lowest BCUT2D eigenvalue weighted by molar-refractivity contribution is -0.235. The van der Waals surface area contributed by atoms with E-state index in [1.165, 1.54) is 0 Å². The maximum atomic E-state index is 5.96. The number of rotatable bonds is 3. The summed E-state index contributed by atoms with van der Waals surface area (Å²) in [5.74, 6) is 1.16. The van der Waals surface area contributed by atoms with Gasteiger partial charge in [0.05, 0.1) is 6.61 Å². The van der Waals surface area contributed by atoms with E-state index < -0.39 is 17.9 Å². The molecular formula is C15H22O6. The van der Waals surface area contributed by atoms with Crippen LogP contribution in [0, 0.1) is 12.3 Å². The summed E-state index contributed by atoms with van der Waals surface area (Å²) in [5.41, 5.74) is 0. The first-order chi connectivity index (χ1) is 9.81. The molecule has 21 heavy (non-hydrogen) atoms. The average Bonchev–Trinajstić information content (AvgIpc) is 2.96. The van der Waals surface area contributed by atoms with Crippen LogP contribution in [0.2, 0.25) is 0 Å². The van der Waals surface area contributed by atoms with E-state index in [4.69, 9.17) is 34.8 Å². The Labute approximate surface area is 125 Å². The van der Waals surface area contributed by atoms with Crippen molar-refractivity contribution in [2.24, 2.45) is 0 Å². The average molecular weight is 298 g/mol. The molecule has 0 aromatic rings. The Morgan fingerprint density at radius 3 is 2.48 bits per heavy atom. The summed E-state index contributed by atoms with van der Waals surface area (Å²) in [5, 5.41) is 0. The van der Waals surface area contributed by atoms with E-state index in [1.807, 2.05) is 27.7 Å². The predicted molar refractivity (Wildman–Crippen MR) is 72.2 cm³/mol. The molecule has 6 nitrogen and oxygen atoms in total. The molecule has 0 aromatic heterocycles. The summed E-state index contributed by atoms with van der Waals surface area (Å²) in [7, 11) is 0. The van der Waals surface area contributed by atoms with Gasteiger partial charge in [-0.1, -0.05) is 5.92 Å².